The SMILES string of the molecule is CCOC(=O)CCc1c(C(=O)OCC)nn(C(C)C)c1Oc1cc(Cl)cc(Cl)c1. The van der Waals surface area contributed by atoms with Crippen molar-refractivity contribution in [1.29, 1.82) is 0 Å². The quantitative estimate of drug-likeness (QED) is 0.494. The molecule has 0 saturated heterocycles. The summed E-state index contributed by atoms with van der Waals surface area (Å²) in [6.07, 6.45) is 0.264. The molecular weight excluding hydrogens is 419 g/mol. The van der Waals surface area contributed by atoms with Gasteiger partial charge in [-0.25, -0.2) is 9.48 Å². The van der Waals surface area contributed by atoms with E-state index in [2.05, 4.69) is 5.10 Å². The van der Waals surface area contributed by atoms with Crippen molar-refractivity contribution in [3.8, 4) is 11.6 Å². The number of hydrogen-bond donors (Lipinski definition) is 0. The first-order valence-electron chi connectivity index (χ1n) is 9.34. The van der Waals surface area contributed by atoms with Gasteiger partial charge >= 0.3 is 11.9 Å². The first-order chi connectivity index (χ1) is 13.8. The van der Waals surface area contributed by atoms with Crippen molar-refractivity contribution in [3.63, 3.8) is 0 Å². The van der Waals surface area contributed by atoms with Gasteiger partial charge in [0.05, 0.1) is 19.3 Å². The Bertz CT molecular complexity index is 860. The average molecular weight is 443 g/mol. The standard InChI is InChI=1S/C20H24Cl2N2O5/c1-5-27-17(25)8-7-16-18(20(26)28-6-2)23-24(12(3)4)19(16)29-15-10-13(21)9-14(22)11-15/h9-12H,5-8H2,1-4H3. The van der Waals surface area contributed by atoms with Crippen LogP contribution in [0.2, 0.25) is 10.0 Å². The van der Waals surface area contributed by atoms with Crippen LogP contribution < -0.4 is 4.74 Å². The van der Waals surface area contributed by atoms with E-state index in [1.807, 2.05) is 13.8 Å². The molecule has 9 heteroatoms. The van der Waals surface area contributed by atoms with E-state index in [9.17, 15) is 9.59 Å². The number of aromatic nitrogens is 2. The average Bonchev–Trinajstić information content (AvgIpc) is 2.98. The fraction of sp³-hybridized carbons (Fsp3) is 0.450. The highest BCUT2D eigenvalue weighted by Gasteiger charge is 2.27. The first-order valence-corrected chi connectivity index (χ1v) is 10.1. The van der Waals surface area contributed by atoms with Crippen molar-refractivity contribution in [2.75, 3.05) is 13.2 Å². The highest BCUT2D eigenvalue weighted by Crippen LogP contribution is 2.34. The van der Waals surface area contributed by atoms with Crippen LogP contribution in [-0.4, -0.2) is 34.9 Å². The summed E-state index contributed by atoms with van der Waals surface area (Å²) in [6.45, 7) is 7.71. The summed E-state index contributed by atoms with van der Waals surface area (Å²) in [4.78, 5) is 24.4. The third kappa shape index (κ3) is 6.11. The minimum Gasteiger partial charge on any atom is -0.466 e. The minimum absolute atomic E-state index is 0.0662. The van der Waals surface area contributed by atoms with Crippen molar-refractivity contribution >= 4 is 35.1 Å². The van der Waals surface area contributed by atoms with Gasteiger partial charge in [-0.2, -0.15) is 5.10 Å². The van der Waals surface area contributed by atoms with Crippen molar-refractivity contribution in [2.45, 2.75) is 46.6 Å². The Labute approximate surface area is 179 Å². The molecule has 2 rings (SSSR count). The molecule has 158 valence electrons. The topological polar surface area (TPSA) is 79.7 Å². The van der Waals surface area contributed by atoms with Gasteiger partial charge < -0.3 is 14.2 Å². The van der Waals surface area contributed by atoms with E-state index in [1.165, 1.54) is 0 Å². The van der Waals surface area contributed by atoms with Crippen molar-refractivity contribution in [1.82, 2.24) is 9.78 Å². The van der Waals surface area contributed by atoms with E-state index in [1.54, 1.807) is 36.7 Å². The number of halogens is 2. The van der Waals surface area contributed by atoms with Crippen LogP contribution >= 0.6 is 23.2 Å². The van der Waals surface area contributed by atoms with Gasteiger partial charge in [-0.3, -0.25) is 4.79 Å². The lowest BCUT2D eigenvalue weighted by atomic mass is 10.1. The highest BCUT2D eigenvalue weighted by molar-refractivity contribution is 6.34. The van der Waals surface area contributed by atoms with Crippen LogP contribution in [0.3, 0.4) is 0 Å². The summed E-state index contributed by atoms with van der Waals surface area (Å²) in [5.41, 5.74) is 0.564. The molecule has 0 amide bonds. The van der Waals surface area contributed by atoms with Gasteiger partial charge in [0.15, 0.2) is 5.69 Å². The van der Waals surface area contributed by atoms with Gasteiger partial charge in [-0.1, -0.05) is 23.2 Å². The number of carbonyl (C=O) groups is 2. The van der Waals surface area contributed by atoms with E-state index < -0.39 is 5.97 Å². The number of carbonyl (C=O) groups excluding carboxylic acids is 2. The Kier molecular flexibility index (Phi) is 8.34. The zero-order valence-corrected chi connectivity index (χ0v) is 18.3. The normalized spacial score (nSPS) is 10.9. The van der Waals surface area contributed by atoms with Crippen molar-refractivity contribution < 1.29 is 23.8 Å². The Balaban J connectivity index is 2.51. The van der Waals surface area contributed by atoms with Crippen LogP contribution in [0.4, 0.5) is 0 Å². The molecule has 0 fully saturated rings. The molecule has 0 aliphatic rings. The van der Waals surface area contributed by atoms with Crippen molar-refractivity contribution in [3.05, 3.63) is 39.5 Å². The summed E-state index contributed by atoms with van der Waals surface area (Å²) in [7, 11) is 0. The molecular formula is C20H24Cl2N2O5. The second-order valence-corrected chi connectivity index (χ2v) is 7.28. The Hall–Kier alpha value is -2.25. The first kappa shape index (κ1) is 23.0. The molecule has 1 heterocycles. The summed E-state index contributed by atoms with van der Waals surface area (Å²) >= 11 is 12.1. The predicted molar refractivity (Wildman–Crippen MR) is 110 cm³/mol. The Morgan fingerprint density at radius 2 is 1.69 bits per heavy atom. The summed E-state index contributed by atoms with van der Waals surface area (Å²) < 4.78 is 17.7. The molecule has 1 aromatic carbocycles. The van der Waals surface area contributed by atoms with E-state index in [0.29, 0.717) is 27.2 Å². The number of ether oxygens (including phenoxy) is 3. The molecule has 7 nitrogen and oxygen atoms in total. The fourth-order valence-electron chi connectivity index (χ4n) is 2.66. The van der Waals surface area contributed by atoms with E-state index in [0.717, 1.165) is 0 Å². The van der Waals surface area contributed by atoms with Gasteiger partial charge in [0.25, 0.3) is 0 Å². The van der Waals surface area contributed by atoms with Crippen LogP contribution in [0.5, 0.6) is 11.6 Å². The van der Waals surface area contributed by atoms with Crippen LogP contribution in [0.15, 0.2) is 18.2 Å². The molecule has 0 saturated carbocycles. The molecule has 0 atom stereocenters. The number of rotatable bonds is 9. The zero-order valence-electron chi connectivity index (χ0n) is 16.8. The van der Waals surface area contributed by atoms with Gasteiger partial charge in [0.2, 0.25) is 5.88 Å². The lowest BCUT2D eigenvalue weighted by Crippen LogP contribution is -2.11. The number of esters is 2. The highest BCUT2D eigenvalue weighted by atomic mass is 35.5. The van der Waals surface area contributed by atoms with Gasteiger partial charge in [0.1, 0.15) is 5.75 Å². The van der Waals surface area contributed by atoms with Gasteiger partial charge in [-0.05, 0) is 52.3 Å². The van der Waals surface area contributed by atoms with Crippen molar-refractivity contribution in [2.24, 2.45) is 0 Å². The molecule has 0 aliphatic carbocycles. The lowest BCUT2D eigenvalue weighted by Gasteiger charge is -2.14. The number of hydrogen-bond acceptors (Lipinski definition) is 6. The van der Waals surface area contributed by atoms with Gasteiger partial charge in [-0.15, -0.1) is 0 Å². The van der Waals surface area contributed by atoms with E-state index >= 15 is 0 Å². The second kappa shape index (κ2) is 10.5. The molecule has 0 N–H and O–H groups in total. The molecule has 1 aromatic heterocycles. The lowest BCUT2D eigenvalue weighted by molar-refractivity contribution is -0.143. The summed E-state index contributed by atoms with van der Waals surface area (Å²) in [6, 6.07) is 4.67. The van der Waals surface area contributed by atoms with E-state index in [4.69, 9.17) is 37.4 Å². The maximum atomic E-state index is 12.5. The number of benzene rings is 1. The summed E-state index contributed by atoms with van der Waals surface area (Å²) in [5.74, 6) is -0.251. The minimum atomic E-state index is -0.584. The molecule has 0 spiro atoms. The molecule has 0 radical (unpaired) electrons. The fourth-order valence-corrected chi connectivity index (χ4v) is 3.17. The Morgan fingerprint density at radius 3 is 2.24 bits per heavy atom. The molecule has 0 aliphatic heterocycles. The third-order valence-electron chi connectivity index (χ3n) is 3.85. The summed E-state index contributed by atoms with van der Waals surface area (Å²) in [5, 5.41) is 5.20. The Morgan fingerprint density at radius 1 is 1.07 bits per heavy atom. The maximum absolute atomic E-state index is 12.5. The molecule has 2 aromatic rings. The van der Waals surface area contributed by atoms with Crippen LogP contribution in [-0.2, 0) is 20.7 Å². The largest absolute Gasteiger partial charge is 0.466 e. The second-order valence-electron chi connectivity index (χ2n) is 6.40. The van der Waals surface area contributed by atoms with E-state index in [-0.39, 0.29) is 43.8 Å². The third-order valence-corrected chi connectivity index (χ3v) is 4.29. The van der Waals surface area contributed by atoms with Crippen LogP contribution in [0.1, 0.15) is 56.2 Å². The van der Waals surface area contributed by atoms with Crippen LogP contribution in [0, 0.1) is 0 Å². The van der Waals surface area contributed by atoms with Crippen LogP contribution in [0.25, 0.3) is 0 Å². The monoisotopic (exact) mass is 442 g/mol. The smallest absolute Gasteiger partial charge is 0.359 e. The zero-order chi connectivity index (χ0) is 21.6. The van der Waals surface area contributed by atoms with Gasteiger partial charge in [0, 0.05) is 22.0 Å². The molecule has 0 unspecified atom stereocenters. The molecule has 29 heavy (non-hydrogen) atoms. The predicted octanol–water partition coefficient (Wildman–Crippen LogP) is 5.24. The molecule has 0 bridgehead atoms. The number of nitrogens with zero attached hydrogens (tertiary/aromatic N) is 2. The maximum Gasteiger partial charge on any atom is 0.359 e.